The maximum Gasteiger partial charge on any atom is 0.196 e. The lowest BCUT2D eigenvalue weighted by molar-refractivity contribution is 0.442. The van der Waals surface area contributed by atoms with Crippen molar-refractivity contribution in [2.45, 2.75) is 58.9 Å². The Labute approximate surface area is 130 Å². The minimum Gasteiger partial charge on any atom is -0.344 e. The third kappa shape index (κ3) is 7.09. The van der Waals surface area contributed by atoms with Gasteiger partial charge in [-0.3, -0.25) is 0 Å². The summed E-state index contributed by atoms with van der Waals surface area (Å²) in [5, 5.41) is 0. The number of unbranched alkanes of at least 4 members (excludes halogenated alkanes) is 2. The second-order valence-corrected chi connectivity index (χ2v) is 6.45. The van der Waals surface area contributed by atoms with Crippen LogP contribution in [0.4, 0.5) is 0 Å². The van der Waals surface area contributed by atoms with E-state index >= 15 is 0 Å². The lowest BCUT2D eigenvalue weighted by Crippen LogP contribution is -2.34. The summed E-state index contributed by atoms with van der Waals surface area (Å²) in [5.74, 6) is 13.1. The Balaban J connectivity index is 2.41. The molecule has 0 aromatic rings. The number of aliphatic imine (C=N–C) groups is 1. The van der Waals surface area contributed by atoms with Crippen LogP contribution in [0.5, 0.6) is 0 Å². The average Bonchev–Trinajstić information content (AvgIpc) is 2.73. The third-order valence-corrected chi connectivity index (χ3v) is 3.11. The van der Waals surface area contributed by atoms with Crippen LogP contribution in [0.25, 0.3) is 0 Å². The van der Waals surface area contributed by atoms with Gasteiger partial charge in [-0.1, -0.05) is 18.8 Å². The minimum atomic E-state index is -0.0269. The minimum absolute atomic E-state index is 0.0269. The molecular formula is C18H29N3. The zero-order valence-corrected chi connectivity index (χ0v) is 14.3. The van der Waals surface area contributed by atoms with Crippen molar-refractivity contribution >= 4 is 5.96 Å². The highest BCUT2D eigenvalue weighted by atomic mass is 15.4. The molecule has 0 unspecified atom stereocenters. The molecule has 0 bridgehead atoms. The summed E-state index contributed by atoms with van der Waals surface area (Å²) in [6.07, 6.45) is 4.03. The van der Waals surface area contributed by atoms with E-state index in [-0.39, 0.29) is 5.54 Å². The van der Waals surface area contributed by atoms with E-state index in [0.717, 1.165) is 51.3 Å². The Kier molecular flexibility index (Phi) is 7.17. The van der Waals surface area contributed by atoms with Crippen molar-refractivity contribution in [1.29, 1.82) is 0 Å². The molecule has 0 amide bonds. The van der Waals surface area contributed by atoms with E-state index in [1.807, 2.05) is 0 Å². The van der Waals surface area contributed by atoms with E-state index in [0.29, 0.717) is 0 Å². The first kappa shape index (κ1) is 17.4. The second-order valence-electron chi connectivity index (χ2n) is 6.45. The molecule has 21 heavy (non-hydrogen) atoms. The van der Waals surface area contributed by atoms with E-state index in [1.54, 1.807) is 0 Å². The molecule has 0 aromatic heterocycles. The van der Waals surface area contributed by atoms with Gasteiger partial charge in [0.15, 0.2) is 5.96 Å². The van der Waals surface area contributed by atoms with Gasteiger partial charge in [-0.15, -0.1) is 0 Å². The summed E-state index contributed by atoms with van der Waals surface area (Å²) < 4.78 is 0. The van der Waals surface area contributed by atoms with Gasteiger partial charge in [0.1, 0.15) is 0 Å². The molecule has 1 fully saturated rings. The van der Waals surface area contributed by atoms with E-state index in [2.05, 4.69) is 68.2 Å². The van der Waals surface area contributed by atoms with Crippen molar-refractivity contribution < 1.29 is 0 Å². The molecular weight excluding hydrogens is 258 g/mol. The molecule has 1 aliphatic rings. The van der Waals surface area contributed by atoms with Crippen LogP contribution in [0.3, 0.4) is 0 Å². The first-order valence-electron chi connectivity index (χ1n) is 7.95. The molecule has 1 heterocycles. The number of rotatable bonds is 4. The van der Waals surface area contributed by atoms with Crippen LogP contribution < -0.4 is 0 Å². The Hall–Kier alpha value is -1.61. The van der Waals surface area contributed by atoms with E-state index in [4.69, 9.17) is 4.99 Å². The summed E-state index contributed by atoms with van der Waals surface area (Å²) in [7, 11) is 2.12. The Morgan fingerprint density at radius 3 is 2.38 bits per heavy atom. The summed E-state index contributed by atoms with van der Waals surface area (Å²) in [5.41, 5.74) is -0.0269. The molecule has 0 spiro atoms. The zero-order chi connectivity index (χ0) is 15.7. The van der Waals surface area contributed by atoms with E-state index in [9.17, 15) is 0 Å². The number of hydrogen-bond acceptors (Lipinski definition) is 1. The van der Waals surface area contributed by atoms with Crippen LogP contribution in [0, 0.1) is 23.7 Å². The molecule has 0 atom stereocenters. The lowest BCUT2D eigenvalue weighted by Gasteiger charge is -2.24. The molecule has 0 saturated carbocycles. The molecule has 1 saturated heterocycles. The van der Waals surface area contributed by atoms with Crippen LogP contribution in [0.15, 0.2) is 4.99 Å². The van der Waals surface area contributed by atoms with Crippen LogP contribution in [-0.4, -0.2) is 48.0 Å². The first-order valence-corrected chi connectivity index (χ1v) is 7.95. The fourth-order valence-electron chi connectivity index (χ4n) is 2.08. The van der Waals surface area contributed by atoms with Gasteiger partial charge >= 0.3 is 0 Å². The van der Waals surface area contributed by atoms with Crippen molar-refractivity contribution in [2.75, 3.05) is 26.7 Å². The number of likely N-dealkylation sites (N-methyl/N-ethyl adjacent to an activating group) is 1. The summed E-state index contributed by atoms with van der Waals surface area (Å²) in [6.45, 7) is 11.7. The van der Waals surface area contributed by atoms with E-state index < -0.39 is 0 Å². The van der Waals surface area contributed by atoms with Gasteiger partial charge in [0.05, 0.1) is 5.54 Å². The van der Waals surface area contributed by atoms with Crippen molar-refractivity contribution in [3.63, 3.8) is 0 Å². The molecule has 3 heteroatoms. The normalized spacial score (nSPS) is 16.5. The van der Waals surface area contributed by atoms with E-state index in [1.165, 1.54) is 0 Å². The largest absolute Gasteiger partial charge is 0.344 e. The van der Waals surface area contributed by atoms with Gasteiger partial charge in [0.2, 0.25) is 0 Å². The number of hydrogen-bond donors (Lipinski definition) is 0. The summed E-state index contributed by atoms with van der Waals surface area (Å²) >= 11 is 0. The van der Waals surface area contributed by atoms with Crippen LogP contribution >= 0.6 is 0 Å². The number of guanidine groups is 1. The Morgan fingerprint density at radius 2 is 1.76 bits per heavy atom. The monoisotopic (exact) mass is 287 g/mol. The highest BCUT2D eigenvalue weighted by Gasteiger charge is 2.24. The SMILES string of the molecule is CCCC#CC#CCCCN1CCN(C)C1=NC(C)(C)C. The second kappa shape index (κ2) is 8.63. The van der Waals surface area contributed by atoms with Crippen LogP contribution in [-0.2, 0) is 0 Å². The Morgan fingerprint density at radius 1 is 1.10 bits per heavy atom. The highest BCUT2D eigenvalue weighted by molar-refractivity contribution is 5.82. The van der Waals surface area contributed by atoms with Crippen molar-refractivity contribution in [1.82, 2.24) is 9.80 Å². The maximum absolute atomic E-state index is 4.83. The molecule has 0 aromatic carbocycles. The van der Waals surface area contributed by atoms with Gasteiger partial charge in [0.25, 0.3) is 0 Å². The van der Waals surface area contributed by atoms with Crippen molar-refractivity contribution in [3.05, 3.63) is 0 Å². The molecule has 0 aliphatic carbocycles. The van der Waals surface area contributed by atoms with Gasteiger partial charge in [-0.05, 0) is 45.5 Å². The van der Waals surface area contributed by atoms with Crippen molar-refractivity contribution in [3.8, 4) is 23.7 Å². The smallest absolute Gasteiger partial charge is 0.196 e. The number of nitrogens with zero attached hydrogens (tertiary/aromatic N) is 3. The third-order valence-electron chi connectivity index (χ3n) is 3.11. The topological polar surface area (TPSA) is 18.8 Å². The maximum atomic E-state index is 4.83. The first-order chi connectivity index (χ1) is 9.94. The van der Waals surface area contributed by atoms with Gasteiger partial charge in [-0.2, -0.15) is 0 Å². The van der Waals surface area contributed by atoms with Gasteiger partial charge in [-0.25, -0.2) is 4.99 Å². The van der Waals surface area contributed by atoms with Crippen LogP contribution in [0.2, 0.25) is 0 Å². The van der Waals surface area contributed by atoms with Crippen LogP contribution in [0.1, 0.15) is 53.4 Å². The standard InChI is InChI=1S/C18H29N3/c1-6-7-8-9-10-11-12-13-14-21-16-15-20(5)17(21)19-18(2,3)4/h6-7,12-16H2,1-5H3. The highest BCUT2D eigenvalue weighted by Crippen LogP contribution is 2.14. The molecule has 3 nitrogen and oxygen atoms in total. The van der Waals surface area contributed by atoms with Crippen molar-refractivity contribution in [2.24, 2.45) is 4.99 Å². The fraction of sp³-hybridized carbons (Fsp3) is 0.722. The zero-order valence-electron chi connectivity index (χ0n) is 14.3. The predicted molar refractivity (Wildman–Crippen MR) is 91.1 cm³/mol. The Bertz CT molecular complexity index is 463. The predicted octanol–water partition coefficient (Wildman–Crippen LogP) is 2.98. The molecule has 0 radical (unpaired) electrons. The quantitative estimate of drug-likeness (QED) is 0.585. The lowest BCUT2D eigenvalue weighted by atomic mass is 10.1. The summed E-state index contributed by atoms with van der Waals surface area (Å²) in [4.78, 5) is 9.44. The van der Waals surface area contributed by atoms with Gasteiger partial charge in [0, 0.05) is 39.5 Å². The molecule has 0 N–H and O–H groups in total. The molecule has 1 aliphatic heterocycles. The fourth-order valence-corrected chi connectivity index (χ4v) is 2.08. The molecule has 116 valence electrons. The average molecular weight is 287 g/mol. The molecule has 1 rings (SSSR count). The summed E-state index contributed by atoms with van der Waals surface area (Å²) in [6, 6.07) is 0. The van der Waals surface area contributed by atoms with Gasteiger partial charge < -0.3 is 9.80 Å².